The normalized spacial score (nSPS) is 22.4. The van der Waals surface area contributed by atoms with E-state index in [1.165, 1.54) is 5.56 Å². The van der Waals surface area contributed by atoms with Crippen LogP contribution in [0.5, 0.6) is 0 Å². The highest BCUT2D eigenvalue weighted by molar-refractivity contribution is 5.68. The number of hydrogen-bond acceptors (Lipinski definition) is 3. The fraction of sp³-hybridized carbons (Fsp3) is 0.526. The number of nitrogens with zero attached hydrogens (tertiary/aromatic N) is 1. The number of benzene rings is 1. The largest absolute Gasteiger partial charge is 0.444 e. The number of rotatable bonds is 3. The zero-order valence-corrected chi connectivity index (χ0v) is 14.6. The first-order chi connectivity index (χ1) is 10.8. The lowest BCUT2D eigenvalue weighted by molar-refractivity contribution is 0.0473. The van der Waals surface area contributed by atoms with Crippen LogP contribution in [-0.4, -0.2) is 42.8 Å². The van der Waals surface area contributed by atoms with Crippen LogP contribution in [-0.2, 0) is 4.74 Å². The van der Waals surface area contributed by atoms with Crippen LogP contribution in [0.1, 0.15) is 44.2 Å². The minimum absolute atomic E-state index is 0.104. The molecular formula is C19H28N2O2. The van der Waals surface area contributed by atoms with Crippen LogP contribution in [0, 0.1) is 0 Å². The van der Waals surface area contributed by atoms with E-state index >= 15 is 0 Å². The summed E-state index contributed by atoms with van der Waals surface area (Å²) in [7, 11) is 2.09. The van der Waals surface area contributed by atoms with Crippen molar-refractivity contribution in [1.29, 1.82) is 0 Å². The molecule has 0 aromatic heterocycles. The number of hydrogen-bond donors (Lipinski definition) is 1. The van der Waals surface area contributed by atoms with Crippen molar-refractivity contribution in [2.45, 2.75) is 44.8 Å². The number of carbonyl (C=O) groups is 1. The summed E-state index contributed by atoms with van der Waals surface area (Å²) in [5.41, 5.74) is 1.96. The Bertz CT molecular complexity index is 545. The number of amides is 1. The Morgan fingerprint density at radius 2 is 1.96 bits per heavy atom. The summed E-state index contributed by atoms with van der Waals surface area (Å²) < 4.78 is 5.37. The molecule has 1 aliphatic heterocycles. The summed E-state index contributed by atoms with van der Waals surface area (Å²) in [4.78, 5) is 14.3. The first-order valence-electron chi connectivity index (χ1n) is 8.17. The van der Waals surface area contributed by atoms with E-state index in [4.69, 9.17) is 4.74 Å². The van der Waals surface area contributed by atoms with Crippen LogP contribution in [0.15, 0.2) is 30.8 Å². The first kappa shape index (κ1) is 17.5. The van der Waals surface area contributed by atoms with E-state index in [0.29, 0.717) is 5.92 Å². The zero-order valence-electron chi connectivity index (χ0n) is 14.6. The van der Waals surface area contributed by atoms with E-state index in [0.717, 1.165) is 25.1 Å². The maximum absolute atomic E-state index is 12.0. The number of likely N-dealkylation sites (tertiary alicyclic amines) is 1. The van der Waals surface area contributed by atoms with Crippen LogP contribution in [0.2, 0.25) is 0 Å². The molecule has 1 heterocycles. The number of likely N-dealkylation sites (N-methyl/N-ethyl adjacent to an activating group) is 1. The number of nitrogens with one attached hydrogen (secondary N) is 1. The van der Waals surface area contributed by atoms with Crippen molar-refractivity contribution in [2.75, 3.05) is 20.1 Å². The minimum Gasteiger partial charge on any atom is -0.444 e. The second kappa shape index (κ2) is 7.18. The standard InChI is InChI=1S/C19H28N2O2/c1-6-14-7-9-15(10-8-14)16-11-17(13-21(5)12-16)20-18(22)23-19(2,3)4/h6-10,16-17H,1,11-13H2,2-5H3,(H,20,22). The number of piperidine rings is 1. The van der Waals surface area contributed by atoms with Gasteiger partial charge in [0.1, 0.15) is 5.60 Å². The molecule has 0 bridgehead atoms. The molecule has 2 atom stereocenters. The van der Waals surface area contributed by atoms with E-state index in [9.17, 15) is 4.79 Å². The molecule has 0 aliphatic carbocycles. The van der Waals surface area contributed by atoms with Gasteiger partial charge in [-0.15, -0.1) is 0 Å². The maximum atomic E-state index is 12.0. The maximum Gasteiger partial charge on any atom is 0.407 e. The average Bonchev–Trinajstić information content (AvgIpc) is 2.44. The van der Waals surface area contributed by atoms with Crippen LogP contribution in [0.4, 0.5) is 4.79 Å². The lowest BCUT2D eigenvalue weighted by atomic mass is 9.88. The lowest BCUT2D eigenvalue weighted by Crippen LogP contribution is -2.49. The molecule has 1 saturated heterocycles. The van der Waals surface area contributed by atoms with Crippen molar-refractivity contribution >= 4 is 12.2 Å². The molecule has 4 heteroatoms. The van der Waals surface area contributed by atoms with E-state index in [1.807, 2.05) is 26.8 Å². The predicted molar refractivity (Wildman–Crippen MR) is 94.5 cm³/mol. The third-order valence-electron chi connectivity index (χ3n) is 4.00. The van der Waals surface area contributed by atoms with Gasteiger partial charge >= 0.3 is 6.09 Å². The molecule has 0 radical (unpaired) electrons. The Morgan fingerprint density at radius 1 is 1.30 bits per heavy atom. The predicted octanol–water partition coefficient (Wildman–Crippen LogP) is 3.64. The van der Waals surface area contributed by atoms with E-state index in [2.05, 4.69) is 48.1 Å². The topological polar surface area (TPSA) is 41.6 Å². The third kappa shape index (κ3) is 5.39. The summed E-state index contributed by atoms with van der Waals surface area (Å²) in [6, 6.07) is 8.60. The molecular weight excluding hydrogens is 288 g/mol. The molecule has 1 aromatic carbocycles. The van der Waals surface area contributed by atoms with E-state index < -0.39 is 5.60 Å². The Labute approximate surface area is 139 Å². The molecule has 1 N–H and O–H groups in total. The number of alkyl carbamates (subject to hydrolysis) is 1. The van der Waals surface area contributed by atoms with Gasteiger partial charge in [-0.25, -0.2) is 4.79 Å². The Hall–Kier alpha value is -1.81. The number of ether oxygens (including phenoxy) is 1. The van der Waals surface area contributed by atoms with Crippen molar-refractivity contribution < 1.29 is 9.53 Å². The van der Waals surface area contributed by atoms with E-state index in [-0.39, 0.29) is 12.1 Å². The molecule has 23 heavy (non-hydrogen) atoms. The molecule has 2 rings (SSSR count). The van der Waals surface area contributed by atoms with Crippen molar-refractivity contribution in [3.05, 3.63) is 42.0 Å². The Balaban J connectivity index is 2.00. The average molecular weight is 316 g/mol. The SMILES string of the molecule is C=Cc1ccc(C2CC(NC(=O)OC(C)(C)C)CN(C)C2)cc1. The van der Waals surface area contributed by atoms with Gasteiger partial charge in [-0.1, -0.05) is 36.9 Å². The Kier molecular flexibility index (Phi) is 5.47. The van der Waals surface area contributed by atoms with Gasteiger partial charge in [0, 0.05) is 19.1 Å². The zero-order chi connectivity index (χ0) is 17.0. The molecule has 1 fully saturated rings. The summed E-state index contributed by atoms with van der Waals surface area (Å²) in [6.45, 7) is 11.3. The molecule has 0 spiro atoms. The summed E-state index contributed by atoms with van der Waals surface area (Å²) in [5, 5.41) is 3.01. The van der Waals surface area contributed by atoms with Gasteiger partial charge in [0.05, 0.1) is 0 Å². The second-order valence-electron chi connectivity index (χ2n) is 7.37. The van der Waals surface area contributed by atoms with Crippen molar-refractivity contribution in [3.8, 4) is 0 Å². The first-order valence-corrected chi connectivity index (χ1v) is 8.17. The number of carbonyl (C=O) groups excluding carboxylic acids is 1. The molecule has 126 valence electrons. The van der Waals surface area contributed by atoms with Gasteiger partial charge in [-0.3, -0.25) is 0 Å². The quantitative estimate of drug-likeness (QED) is 0.925. The second-order valence-corrected chi connectivity index (χ2v) is 7.37. The van der Waals surface area contributed by atoms with Crippen molar-refractivity contribution in [3.63, 3.8) is 0 Å². The van der Waals surface area contributed by atoms with Crippen LogP contribution >= 0.6 is 0 Å². The third-order valence-corrected chi connectivity index (χ3v) is 4.00. The van der Waals surface area contributed by atoms with Crippen molar-refractivity contribution in [2.24, 2.45) is 0 Å². The van der Waals surface area contributed by atoms with Gasteiger partial charge in [0.25, 0.3) is 0 Å². The summed E-state index contributed by atoms with van der Waals surface area (Å²) in [5.74, 6) is 0.410. The smallest absolute Gasteiger partial charge is 0.407 e. The fourth-order valence-electron chi connectivity index (χ4n) is 3.04. The van der Waals surface area contributed by atoms with Gasteiger partial charge < -0.3 is 15.0 Å². The highest BCUT2D eigenvalue weighted by Gasteiger charge is 2.28. The molecule has 1 aromatic rings. The molecule has 4 nitrogen and oxygen atoms in total. The van der Waals surface area contributed by atoms with Gasteiger partial charge in [-0.05, 0) is 51.3 Å². The highest BCUT2D eigenvalue weighted by Crippen LogP contribution is 2.27. The minimum atomic E-state index is -0.468. The van der Waals surface area contributed by atoms with Crippen LogP contribution < -0.4 is 5.32 Å². The molecule has 2 unspecified atom stereocenters. The van der Waals surface area contributed by atoms with Gasteiger partial charge in [0.15, 0.2) is 0 Å². The highest BCUT2D eigenvalue weighted by atomic mass is 16.6. The summed E-state index contributed by atoms with van der Waals surface area (Å²) >= 11 is 0. The van der Waals surface area contributed by atoms with Crippen LogP contribution in [0.25, 0.3) is 6.08 Å². The Morgan fingerprint density at radius 3 is 2.52 bits per heavy atom. The molecule has 0 saturated carbocycles. The van der Waals surface area contributed by atoms with E-state index in [1.54, 1.807) is 0 Å². The van der Waals surface area contributed by atoms with Gasteiger partial charge in [-0.2, -0.15) is 0 Å². The lowest BCUT2D eigenvalue weighted by Gasteiger charge is -2.36. The van der Waals surface area contributed by atoms with Crippen LogP contribution in [0.3, 0.4) is 0 Å². The van der Waals surface area contributed by atoms with Crippen molar-refractivity contribution in [1.82, 2.24) is 10.2 Å². The molecule has 1 amide bonds. The summed E-state index contributed by atoms with van der Waals surface area (Å²) in [6.07, 6.45) is 2.44. The molecule has 1 aliphatic rings. The fourth-order valence-corrected chi connectivity index (χ4v) is 3.04. The monoisotopic (exact) mass is 316 g/mol. The van der Waals surface area contributed by atoms with Gasteiger partial charge in [0.2, 0.25) is 0 Å².